The van der Waals surface area contributed by atoms with E-state index in [1.54, 1.807) is 0 Å². The van der Waals surface area contributed by atoms with Gasteiger partial charge in [0.05, 0.1) is 12.9 Å². The van der Waals surface area contributed by atoms with Crippen molar-refractivity contribution in [2.24, 2.45) is 5.92 Å². The number of halogens is 3. The number of benzene rings is 1. The number of aryl methyl sites for hydroxylation is 1. The molecule has 140 valence electrons. The molecule has 1 heterocycles. The molecular formula is C19H19F3O4. The molecule has 2 atom stereocenters. The number of fused-ring (bicyclic) bond motifs is 1. The number of hydrogen-bond acceptors (Lipinski definition) is 4. The van der Waals surface area contributed by atoms with Crippen molar-refractivity contribution in [1.82, 2.24) is 0 Å². The van der Waals surface area contributed by atoms with Gasteiger partial charge >= 0.3 is 0 Å². The first-order valence-corrected chi connectivity index (χ1v) is 8.22. The van der Waals surface area contributed by atoms with Gasteiger partial charge in [0.1, 0.15) is 17.2 Å². The Morgan fingerprint density at radius 2 is 2.15 bits per heavy atom. The fraction of sp³-hybridized carbons (Fsp3) is 0.421. The second kappa shape index (κ2) is 7.15. The van der Waals surface area contributed by atoms with Crippen molar-refractivity contribution in [1.29, 1.82) is 0 Å². The van der Waals surface area contributed by atoms with Crippen LogP contribution in [-0.2, 0) is 20.7 Å². The predicted molar refractivity (Wildman–Crippen MR) is 87.1 cm³/mol. The average molecular weight is 368 g/mol. The minimum absolute atomic E-state index is 0.0398. The van der Waals surface area contributed by atoms with E-state index in [2.05, 4.69) is 6.58 Å². The quantitative estimate of drug-likeness (QED) is 0.762. The first-order chi connectivity index (χ1) is 12.3. The lowest BCUT2D eigenvalue weighted by Gasteiger charge is -2.33. The SMILES string of the molecule is C=C(F)C[C@H]1C[C@]2(CCc3cc(F)c(OC)cc3F)OCOC2=CC1=O. The van der Waals surface area contributed by atoms with Gasteiger partial charge in [-0.2, -0.15) is 0 Å². The van der Waals surface area contributed by atoms with Crippen molar-refractivity contribution >= 4 is 5.78 Å². The molecule has 0 radical (unpaired) electrons. The van der Waals surface area contributed by atoms with Gasteiger partial charge in [-0.05, 0) is 30.9 Å². The van der Waals surface area contributed by atoms with Crippen LogP contribution in [0.4, 0.5) is 13.2 Å². The zero-order chi connectivity index (χ0) is 18.9. The summed E-state index contributed by atoms with van der Waals surface area (Å²) in [4.78, 5) is 12.1. The number of rotatable bonds is 6. The first-order valence-electron chi connectivity index (χ1n) is 8.22. The Morgan fingerprint density at radius 1 is 1.38 bits per heavy atom. The lowest BCUT2D eigenvalue weighted by atomic mass is 9.76. The number of ketones is 1. The third kappa shape index (κ3) is 3.49. The molecule has 1 aromatic rings. The van der Waals surface area contributed by atoms with E-state index in [0.717, 1.165) is 12.1 Å². The Kier molecular flexibility index (Phi) is 5.09. The summed E-state index contributed by atoms with van der Waals surface area (Å²) in [5, 5.41) is 0. The van der Waals surface area contributed by atoms with Crippen LogP contribution in [0.3, 0.4) is 0 Å². The Balaban J connectivity index is 1.81. The van der Waals surface area contributed by atoms with Crippen molar-refractivity contribution in [3.63, 3.8) is 0 Å². The molecule has 4 nitrogen and oxygen atoms in total. The van der Waals surface area contributed by atoms with E-state index in [1.807, 2.05) is 0 Å². The molecule has 1 aliphatic heterocycles. The van der Waals surface area contributed by atoms with Crippen molar-refractivity contribution < 1.29 is 32.2 Å². The van der Waals surface area contributed by atoms with E-state index in [4.69, 9.17) is 14.2 Å². The van der Waals surface area contributed by atoms with Gasteiger partial charge in [-0.15, -0.1) is 0 Å². The Labute approximate surface area is 149 Å². The maximum Gasteiger partial charge on any atom is 0.189 e. The van der Waals surface area contributed by atoms with Crippen LogP contribution in [0.2, 0.25) is 0 Å². The molecule has 0 aromatic heterocycles. The Morgan fingerprint density at radius 3 is 2.85 bits per heavy atom. The molecule has 1 fully saturated rings. The van der Waals surface area contributed by atoms with E-state index in [-0.39, 0.29) is 49.6 Å². The summed E-state index contributed by atoms with van der Waals surface area (Å²) in [7, 11) is 1.26. The highest BCUT2D eigenvalue weighted by atomic mass is 19.1. The van der Waals surface area contributed by atoms with Gasteiger partial charge in [-0.25, -0.2) is 13.2 Å². The topological polar surface area (TPSA) is 44.8 Å². The highest BCUT2D eigenvalue weighted by Crippen LogP contribution is 2.44. The number of ether oxygens (including phenoxy) is 3. The van der Waals surface area contributed by atoms with Crippen LogP contribution in [0.25, 0.3) is 0 Å². The number of allylic oxidation sites excluding steroid dienone is 2. The highest BCUT2D eigenvalue weighted by Gasteiger charge is 2.48. The molecule has 0 saturated carbocycles. The molecular weight excluding hydrogens is 349 g/mol. The van der Waals surface area contributed by atoms with E-state index in [0.29, 0.717) is 5.76 Å². The zero-order valence-corrected chi connectivity index (χ0v) is 14.3. The molecule has 0 amide bonds. The maximum atomic E-state index is 14.2. The molecule has 7 heteroatoms. The molecule has 26 heavy (non-hydrogen) atoms. The van der Waals surface area contributed by atoms with Gasteiger partial charge in [0.2, 0.25) is 0 Å². The summed E-state index contributed by atoms with van der Waals surface area (Å²) in [6, 6.07) is 2.07. The minimum atomic E-state index is -0.948. The van der Waals surface area contributed by atoms with Crippen LogP contribution < -0.4 is 4.74 Å². The van der Waals surface area contributed by atoms with Crippen LogP contribution in [0.1, 0.15) is 24.8 Å². The summed E-state index contributed by atoms with van der Waals surface area (Å²) < 4.78 is 57.1. The smallest absolute Gasteiger partial charge is 0.189 e. The largest absolute Gasteiger partial charge is 0.494 e. The van der Waals surface area contributed by atoms with Crippen LogP contribution in [0.15, 0.2) is 36.4 Å². The second-order valence-electron chi connectivity index (χ2n) is 6.51. The molecule has 3 rings (SSSR count). The number of methoxy groups -OCH3 is 1. The van der Waals surface area contributed by atoms with Gasteiger partial charge in [0.15, 0.2) is 24.1 Å². The molecule has 1 aromatic carbocycles. The third-order valence-corrected chi connectivity index (χ3v) is 4.84. The summed E-state index contributed by atoms with van der Waals surface area (Å²) in [6.07, 6.45) is 1.85. The van der Waals surface area contributed by atoms with Crippen LogP contribution in [-0.4, -0.2) is 25.3 Å². The fourth-order valence-corrected chi connectivity index (χ4v) is 3.48. The highest BCUT2D eigenvalue weighted by molar-refractivity contribution is 5.93. The van der Waals surface area contributed by atoms with Gasteiger partial charge < -0.3 is 14.2 Å². The number of carbonyl (C=O) groups is 1. The van der Waals surface area contributed by atoms with E-state index < -0.39 is 29.0 Å². The van der Waals surface area contributed by atoms with E-state index in [9.17, 15) is 18.0 Å². The Bertz CT molecular complexity index is 774. The normalized spacial score (nSPS) is 24.7. The molecule has 0 unspecified atom stereocenters. The zero-order valence-electron chi connectivity index (χ0n) is 14.3. The lowest BCUT2D eigenvalue weighted by Crippen LogP contribution is -2.39. The minimum Gasteiger partial charge on any atom is -0.494 e. The van der Waals surface area contributed by atoms with Crippen LogP contribution in [0.5, 0.6) is 5.75 Å². The average Bonchev–Trinajstić information content (AvgIpc) is 2.98. The molecule has 2 aliphatic rings. The lowest BCUT2D eigenvalue weighted by molar-refractivity contribution is -0.122. The molecule has 0 bridgehead atoms. The fourth-order valence-electron chi connectivity index (χ4n) is 3.48. The summed E-state index contributed by atoms with van der Waals surface area (Å²) in [5.41, 5.74) is -0.785. The second-order valence-corrected chi connectivity index (χ2v) is 6.51. The monoisotopic (exact) mass is 368 g/mol. The van der Waals surface area contributed by atoms with Crippen molar-refractivity contribution in [3.05, 3.63) is 53.6 Å². The third-order valence-electron chi connectivity index (χ3n) is 4.84. The molecule has 0 N–H and O–H groups in total. The number of hydrogen-bond donors (Lipinski definition) is 0. The van der Waals surface area contributed by atoms with Gasteiger partial charge in [-0.3, -0.25) is 4.79 Å². The molecule has 1 saturated heterocycles. The maximum absolute atomic E-state index is 14.2. The van der Waals surface area contributed by atoms with Gasteiger partial charge in [0.25, 0.3) is 0 Å². The van der Waals surface area contributed by atoms with Gasteiger partial charge in [0, 0.05) is 24.5 Å². The summed E-state index contributed by atoms with van der Waals surface area (Å²) in [6.45, 7) is 3.17. The first kappa shape index (κ1) is 18.5. The number of carbonyl (C=O) groups excluding carboxylic acids is 1. The van der Waals surface area contributed by atoms with Crippen LogP contribution in [0, 0.1) is 17.6 Å². The standard InChI is InChI=1S/C19H19F3O4/c1-11(20)5-13-9-19(18(8-16(13)23)25-10-26-19)4-3-12-6-15(22)17(24-2)7-14(12)21/h6-8,13H,1,3-5,9-10H2,2H3/t13-,19-/m0/s1. The van der Waals surface area contributed by atoms with Crippen LogP contribution >= 0.6 is 0 Å². The van der Waals surface area contributed by atoms with Crippen molar-refractivity contribution in [3.8, 4) is 5.75 Å². The predicted octanol–water partition coefficient (Wildman–Crippen LogP) is 4.00. The Hall–Kier alpha value is -2.28. The summed E-state index contributed by atoms with van der Waals surface area (Å²) in [5.74, 6) is -2.52. The molecule has 0 spiro atoms. The van der Waals surface area contributed by atoms with Gasteiger partial charge in [-0.1, -0.05) is 6.58 Å². The van der Waals surface area contributed by atoms with Crippen molar-refractivity contribution in [2.75, 3.05) is 13.9 Å². The van der Waals surface area contributed by atoms with E-state index >= 15 is 0 Å². The molecule has 1 aliphatic carbocycles. The van der Waals surface area contributed by atoms with E-state index in [1.165, 1.54) is 13.2 Å². The summed E-state index contributed by atoms with van der Waals surface area (Å²) >= 11 is 0. The van der Waals surface area contributed by atoms with Crippen molar-refractivity contribution in [2.45, 2.75) is 31.3 Å².